The summed E-state index contributed by atoms with van der Waals surface area (Å²) >= 11 is 0. The Bertz CT molecular complexity index is 732. The largest absolute Gasteiger partial charge is 0.498 e. The fraction of sp³-hybridized carbons (Fsp3) is 0.800. The van der Waals surface area contributed by atoms with Gasteiger partial charge in [0.05, 0.1) is 16.7 Å². The van der Waals surface area contributed by atoms with Gasteiger partial charge in [0.2, 0.25) is 0 Å². The van der Waals surface area contributed by atoms with Crippen LogP contribution in [0.15, 0.2) is 12.4 Å². The molecule has 0 unspecified atom stereocenters. The van der Waals surface area contributed by atoms with Gasteiger partial charge in [-0.05, 0) is 61.3 Å². The van der Waals surface area contributed by atoms with E-state index >= 15 is 0 Å². The number of carbonyl (C=O) groups is 1. The average molecular weight is 406 g/mol. The van der Waals surface area contributed by atoms with E-state index in [1.807, 2.05) is 59.3 Å². The van der Waals surface area contributed by atoms with Crippen LogP contribution in [0.25, 0.3) is 0 Å². The zero-order chi connectivity index (χ0) is 21.7. The first kappa shape index (κ1) is 22.1. The van der Waals surface area contributed by atoms with Crippen LogP contribution in [0.3, 0.4) is 0 Å². The van der Waals surface area contributed by atoms with Crippen molar-refractivity contribution in [3.63, 3.8) is 0 Å². The van der Waals surface area contributed by atoms with Crippen molar-refractivity contribution in [2.45, 2.75) is 83.6 Å². The van der Waals surface area contributed by atoms with Crippen molar-refractivity contribution in [1.29, 1.82) is 0 Å². The molecule has 162 valence electrons. The number of nitrogens with zero attached hydrogens (tertiary/aromatic N) is 3. The van der Waals surface area contributed by atoms with Crippen molar-refractivity contribution in [3.8, 4) is 0 Å². The first-order chi connectivity index (χ1) is 13.3. The molecule has 1 aromatic heterocycles. The van der Waals surface area contributed by atoms with E-state index in [-0.39, 0.29) is 11.6 Å². The molecule has 29 heavy (non-hydrogen) atoms. The maximum absolute atomic E-state index is 12.4. The first-order valence-electron chi connectivity index (χ1n) is 10.4. The topological polar surface area (TPSA) is 91.8 Å². The molecule has 0 atom stereocenters. The van der Waals surface area contributed by atoms with Gasteiger partial charge in [-0.3, -0.25) is 4.68 Å². The maximum atomic E-state index is 12.4. The Morgan fingerprint density at radius 1 is 1.21 bits per heavy atom. The van der Waals surface area contributed by atoms with E-state index in [1.165, 1.54) is 0 Å². The van der Waals surface area contributed by atoms with Crippen LogP contribution in [0.2, 0.25) is 0 Å². The summed E-state index contributed by atoms with van der Waals surface area (Å²) < 4.78 is 19.7. The SMILES string of the molecule is CC(C)(C)OC(=O)N1CCC(CN)(n2cc(B3OC(C)(C)C(C)(C)O3)cn2)CC1. The molecule has 3 heterocycles. The number of aromatic nitrogens is 2. The summed E-state index contributed by atoms with van der Waals surface area (Å²) in [4.78, 5) is 14.1. The van der Waals surface area contributed by atoms with Crippen LogP contribution in [0.5, 0.6) is 0 Å². The lowest BCUT2D eigenvalue weighted by atomic mass is 9.81. The molecule has 2 saturated heterocycles. The smallest absolute Gasteiger partial charge is 0.444 e. The van der Waals surface area contributed by atoms with E-state index in [4.69, 9.17) is 19.8 Å². The Labute approximate surface area is 174 Å². The molecule has 3 rings (SSSR count). The normalized spacial score (nSPS) is 23.3. The van der Waals surface area contributed by atoms with E-state index in [9.17, 15) is 4.79 Å². The number of nitrogens with two attached hydrogens (primary N) is 1. The van der Waals surface area contributed by atoms with Crippen molar-refractivity contribution < 1.29 is 18.8 Å². The first-order valence-corrected chi connectivity index (χ1v) is 10.4. The average Bonchev–Trinajstić information content (AvgIpc) is 3.17. The van der Waals surface area contributed by atoms with E-state index in [1.54, 1.807) is 11.1 Å². The van der Waals surface area contributed by atoms with Gasteiger partial charge in [-0.1, -0.05) is 0 Å². The van der Waals surface area contributed by atoms with E-state index < -0.39 is 23.9 Å². The molecule has 2 N–H and O–H groups in total. The third kappa shape index (κ3) is 4.32. The van der Waals surface area contributed by atoms with Gasteiger partial charge in [0.25, 0.3) is 0 Å². The van der Waals surface area contributed by atoms with Crippen molar-refractivity contribution >= 4 is 18.7 Å². The number of rotatable bonds is 3. The minimum Gasteiger partial charge on any atom is -0.444 e. The number of piperidine rings is 1. The third-order valence-corrected chi connectivity index (χ3v) is 6.34. The van der Waals surface area contributed by atoms with Crippen molar-refractivity contribution in [2.75, 3.05) is 19.6 Å². The standard InChI is InChI=1S/C20H35BN4O4/c1-17(2,3)27-16(26)24-10-8-20(14-22,9-11-24)25-13-15(12-23-25)21-28-18(4,5)19(6,7)29-21/h12-13H,8-11,14,22H2,1-7H3. The number of likely N-dealkylation sites (tertiary alicyclic amines) is 1. The fourth-order valence-electron chi connectivity index (χ4n) is 3.66. The summed E-state index contributed by atoms with van der Waals surface area (Å²) in [6.45, 7) is 15.4. The van der Waals surface area contributed by atoms with Crippen molar-refractivity contribution in [2.24, 2.45) is 5.73 Å². The molecular weight excluding hydrogens is 371 g/mol. The minimum atomic E-state index is -0.501. The monoisotopic (exact) mass is 406 g/mol. The number of carbonyl (C=O) groups excluding carboxylic acids is 1. The van der Waals surface area contributed by atoms with Gasteiger partial charge in [-0.25, -0.2) is 4.79 Å². The van der Waals surface area contributed by atoms with E-state index in [0.29, 0.717) is 32.5 Å². The molecule has 1 aromatic rings. The highest BCUT2D eigenvalue weighted by Crippen LogP contribution is 2.36. The molecule has 0 aliphatic carbocycles. The highest BCUT2D eigenvalue weighted by atomic mass is 16.7. The summed E-state index contributed by atoms with van der Waals surface area (Å²) in [6.07, 6.45) is 4.92. The van der Waals surface area contributed by atoms with E-state index in [2.05, 4.69) is 5.10 Å². The third-order valence-electron chi connectivity index (χ3n) is 6.34. The zero-order valence-corrected chi connectivity index (χ0v) is 18.8. The Kier molecular flexibility index (Phi) is 5.56. The molecule has 1 amide bonds. The molecule has 0 radical (unpaired) electrons. The van der Waals surface area contributed by atoms with Gasteiger partial charge in [-0.2, -0.15) is 5.10 Å². The number of amides is 1. The summed E-state index contributed by atoms with van der Waals surface area (Å²) in [7, 11) is -0.453. The molecule has 0 aromatic carbocycles. The molecule has 8 nitrogen and oxygen atoms in total. The molecule has 2 aliphatic heterocycles. The number of hydrogen-bond acceptors (Lipinski definition) is 6. The Balaban J connectivity index is 1.70. The molecule has 0 bridgehead atoms. The Hall–Kier alpha value is -1.58. The van der Waals surface area contributed by atoms with Gasteiger partial charge >= 0.3 is 13.2 Å². The zero-order valence-electron chi connectivity index (χ0n) is 18.8. The minimum absolute atomic E-state index is 0.276. The molecule has 0 saturated carbocycles. The van der Waals surface area contributed by atoms with Crippen LogP contribution >= 0.6 is 0 Å². The number of ether oxygens (including phenoxy) is 1. The molecule has 2 fully saturated rings. The summed E-state index contributed by atoms with van der Waals surface area (Å²) in [5.41, 5.74) is 5.43. The van der Waals surface area contributed by atoms with Crippen LogP contribution in [-0.2, 0) is 19.6 Å². The van der Waals surface area contributed by atoms with E-state index in [0.717, 1.165) is 5.46 Å². The lowest BCUT2D eigenvalue weighted by Crippen LogP contribution is -2.52. The van der Waals surface area contributed by atoms with Crippen molar-refractivity contribution in [3.05, 3.63) is 12.4 Å². The number of hydrogen-bond donors (Lipinski definition) is 1. The van der Waals surface area contributed by atoms with Crippen LogP contribution in [-0.4, -0.2) is 64.3 Å². The predicted octanol–water partition coefficient (Wildman–Crippen LogP) is 1.87. The van der Waals surface area contributed by atoms with Crippen LogP contribution < -0.4 is 11.2 Å². The second-order valence-electron chi connectivity index (χ2n) is 10.2. The van der Waals surface area contributed by atoms with Gasteiger partial charge in [-0.15, -0.1) is 0 Å². The molecular formula is C20H35BN4O4. The second kappa shape index (κ2) is 7.28. The molecule has 0 spiro atoms. The quantitative estimate of drug-likeness (QED) is 0.771. The predicted molar refractivity (Wildman–Crippen MR) is 112 cm³/mol. The summed E-state index contributed by atoms with van der Waals surface area (Å²) in [6, 6.07) is 0. The fourth-order valence-corrected chi connectivity index (χ4v) is 3.66. The van der Waals surface area contributed by atoms with Gasteiger partial charge in [0, 0.05) is 37.5 Å². The van der Waals surface area contributed by atoms with Crippen molar-refractivity contribution in [1.82, 2.24) is 14.7 Å². The van der Waals surface area contributed by atoms with Crippen LogP contribution in [0.1, 0.15) is 61.3 Å². The lowest BCUT2D eigenvalue weighted by Gasteiger charge is -2.41. The Morgan fingerprint density at radius 3 is 2.24 bits per heavy atom. The highest BCUT2D eigenvalue weighted by Gasteiger charge is 2.52. The molecule has 9 heteroatoms. The maximum Gasteiger partial charge on any atom is 0.498 e. The second-order valence-corrected chi connectivity index (χ2v) is 10.2. The lowest BCUT2D eigenvalue weighted by molar-refractivity contribution is 0.00578. The molecule has 2 aliphatic rings. The summed E-state index contributed by atoms with van der Waals surface area (Å²) in [5, 5.41) is 4.59. The summed E-state index contributed by atoms with van der Waals surface area (Å²) in [5.74, 6) is 0. The highest BCUT2D eigenvalue weighted by molar-refractivity contribution is 6.62. The van der Waals surface area contributed by atoms with Gasteiger partial charge in [0.1, 0.15) is 5.60 Å². The van der Waals surface area contributed by atoms with Gasteiger partial charge in [0.15, 0.2) is 0 Å². The van der Waals surface area contributed by atoms with Gasteiger partial charge < -0.3 is 24.7 Å². The Morgan fingerprint density at radius 2 is 1.76 bits per heavy atom. The van der Waals surface area contributed by atoms with Crippen LogP contribution in [0, 0.1) is 0 Å². The van der Waals surface area contributed by atoms with Crippen LogP contribution in [0.4, 0.5) is 4.79 Å².